The zero-order valence-corrected chi connectivity index (χ0v) is 13.3. The fraction of sp³-hybridized carbons (Fsp3) is 0.167. The van der Waals surface area contributed by atoms with E-state index in [1.165, 1.54) is 50.5 Å². The number of aromatic hydroxyl groups is 2. The molecule has 2 aromatic carbocycles. The van der Waals surface area contributed by atoms with Crippen molar-refractivity contribution in [2.45, 2.75) is 13.0 Å². The topological polar surface area (TPSA) is 96.2 Å². The Morgan fingerprint density at radius 2 is 1.92 bits per heavy atom. The summed E-state index contributed by atoms with van der Waals surface area (Å²) in [6.45, 7) is 1.29. The average Bonchev–Trinajstić information content (AvgIpc) is 2.53. The second-order valence-electron chi connectivity index (χ2n) is 5.04. The van der Waals surface area contributed by atoms with Crippen molar-refractivity contribution in [1.82, 2.24) is 0 Å². The number of methoxy groups -OCH3 is 1. The molecule has 6 heteroatoms. The van der Waals surface area contributed by atoms with Gasteiger partial charge in [-0.05, 0) is 24.3 Å². The first-order chi connectivity index (χ1) is 11.4. The minimum absolute atomic E-state index is 0.0482. The van der Waals surface area contributed by atoms with Gasteiger partial charge in [0.05, 0.1) is 7.11 Å². The van der Waals surface area contributed by atoms with Gasteiger partial charge in [0.2, 0.25) is 0 Å². The Balaban J connectivity index is 2.23. The number of carbonyl (C=O) groups is 1. The molecule has 0 heterocycles. The molecule has 0 aliphatic heterocycles. The van der Waals surface area contributed by atoms with Crippen LogP contribution in [0.2, 0.25) is 0 Å². The smallest absolute Gasteiger partial charge is 0.308 e. The van der Waals surface area contributed by atoms with Crippen LogP contribution in [0.4, 0.5) is 0 Å². The minimum atomic E-state index is -1.00. The lowest BCUT2D eigenvalue weighted by Crippen LogP contribution is -2.03. The van der Waals surface area contributed by atoms with Crippen LogP contribution in [0, 0.1) is 0 Å². The largest absolute Gasteiger partial charge is 0.508 e. The molecule has 2 aromatic rings. The normalized spacial score (nSPS) is 12.1. The molecule has 0 spiro atoms. The number of hydrogen-bond acceptors (Lipinski definition) is 6. The van der Waals surface area contributed by atoms with Crippen LogP contribution in [-0.4, -0.2) is 28.4 Å². The van der Waals surface area contributed by atoms with Crippen LogP contribution in [0.3, 0.4) is 0 Å². The predicted octanol–water partition coefficient (Wildman–Crippen LogP) is 2.78. The van der Waals surface area contributed by atoms with E-state index in [0.29, 0.717) is 22.6 Å². The first kappa shape index (κ1) is 17.4. The number of ether oxygens (including phenoxy) is 2. The van der Waals surface area contributed by atoms with E-state index in [0.717, 1.165) is 0 Å². The van der Waals surface area contributed by atoms with Gasteiger partial charge >= 0.3 is 5.97 Å². The third kappa shape index (κ3) is 4.27. The summed E-state index contributed by atoms with van der Waals surface area (Å²) < 4.78 is 10.2. The van der Waals surface area contributed by atoms with Gasteiger partial charge in [0.15, 0.2) is 0 Å². The quantitative estimate of drug-likeness (QED) is 0.576. The molecule has 3 N–H and O–H groups in total. The third-order valence-corrected chi connectivity index (χ3v) is 3.26. The maximum atomic E-state index is 11.0. The van der Waals surface area contributed by atoms with Crippen molar-refractivity contribution in [3.05, 3.63) is 53.6 Å². The molecule has 0 radical (unpaired) electrons. The molecule has 6 nitrogen and oxygen atoms in total. The molecule has 0 aliphatic rings. The van der Waals surface area contributed by atoms with E-state index in [1.807, 2.05) is 0 Å². The molecule has 0 fully saturated rings. The lowest BCUT2D eigenvalue weighted by atomic mass is 10.1. The number of phenols is 2. The van der Waals surface area contributed by atoms with E-state index in [4.69, 9.17) is 9.47 Å². The molecule has 24 heavy (non-hydrogen) atoms. The SMILES string of the molecule is COc1cc(OC(C)=O)ccc1C(O)C=Cc1ccc(O)cc1O. The van der Waals surface area contributed by atoms with E-state index in [-0.39, 0.29) is 11.5 Å². The molecule has 0 amide bonds. The molecule has 126 valence electrons. The highest BCUT2D eigenvalue weighted by Crippen LogP contribution is 2.31. The Morgan fingerprint density at radius 1 is 1.17 bits per heavy atom. The molecule has 0 saturated heterocycles. The second-order valence-corrected chi connectivity index (χ2v) is 5.04. The maximum Gasteiger partial charge on any atom is 0.308 e. The number of phenolic OH excluding ortho intramolecular Hbond substituents is 2. The summed E-state index contributed by atoms with van der Waals surface area (Å²) >= 11 is 0. The highest BCUT2D eigenvalue weighted by atomic mass is 16.5. The van der Waals surface area contributed by atoms with Crippen molar-refractivity contribution in [3.8, 4) is 23.0 Å². The molecule has 1 unspecified atom stereocenters. The number of rotatable bonds is 5. The summed E-state index contributed by atoms with van der Waals surface area (Å²) in [5.41, 5.74) is 0.922. The monoisotopic (exact) mass is 330 g/mol. The molecule has 2 rings (SSSR count). The molecular formula is C18H18O6. The maximum absolute atomic E-state index is 11.0. The van der Waals surface area contributed by atoms with Gasteiger partial charge < -0.3 is 24.8 Å². The molecule has 0 aliphatic carbocycles. The van der Waals surface area contributed by atoms with E-state index in [2.05, 4.69) is 0 Å². The van der Waals surface area contributed by atoms with Crippen molar-refractivity contribution in [3.63, 3.8) is 0 Å². The van der Waals surface area contributed by atoms with Crippen molar-refractivity contribution < 1.29 is 29.6 Å². The zero-order chi connectivity index (χ0) is 17.7. The molecule has 1 atom stereocenters. The lowest BCUT2D eigenvalue weighted by molar-refractivity contribution is -0.131. The predicted molar refractivity (Wildman–Crippen MR) is 88.1 cm³/mol. The highest BCUT2D eigenvalue weighted by Gasteiger charge is 2.13. The van der Waals surface area contributed by atoms with Crippen LogP contribution in [-0.2, 0) is 4.79 Å². The van der Waals surface area contributed by atoms with Gasteiger partial charge in [0, 0.05) is 30.2 Å². The zero-order valence-electron chi connectivity index (χ0n) is 13.3. The lowest BCUT2D eigenvalue weighted by Gasteiger charge is -2.13. The summed E-state index contributed by atoms with van der Waals surface area (Å²) in [4.78, 5) is 11.0. The van der Waals surface area contributed by atoms with Gasteiger partial charge in [0.25, 0.3) is 0 Å². The number of carbonyl (C=O) groups excluding carboxylic acids is 1. The van der Waals surface area contributed by atoms with Crippen LogP contribution >= 0.6 is 0 Å². The van der Waals surface area contributed by atoms with Gasteiger partial charge in [-0.2, -0.15) is 0 Å². The molecular weight excluding hydrogens is 312 g/mol. The Bertz CT molecular complexity index is 766. The summed E-state index contributed by atoms with van der Waals surface area (Å²) in [5, 5.41) is 29.3. The molecule has 0 aromatic heterocycles. The Morgan fingerprint density at radius 3 is 2.54 bits per heavy atom. The highest BCUT2D eigenvalue weighted by molar-refractivity contribution is 5.69. The van der Waals surface area contributed by atoms with E-state index in [9.17, 15) is 20.1 Å². The summed E-state index contributed by atoms with van der Waals surface area (Å²) in [7, 11) is 1.44. The van der Waals surface area contributed by atoms with Crippen LogP contribution < -0.4 is 9.47 Å². The number of benzene rings is 2. The number of hydrogen-bond donors (Lipinski definition) is 3. The van der Waals surface area contributed by atoms with Gasteiger partial charge in [-0.1, -0.05) is 12.2 Å². The van der Waals surface area contributed by atoms with Gasteiger partial charge in [0.1, 0.15) is 29.1 Å². The van der Waals surface area contributed by atoms with Crippen LogP contribution in [0.5, 0.6) is 23.0 Å². The van der Waals surface area contributed by atoms with Crippen molar-refractivity contribution in [2.24, 2.45) is 0 Å². The van der Waals surface area contributed by atoms with Crippen LogP contribution in [0.25, 0.3) is 6.08 Å². The molecule has 0 saturated carbocycles. The first-order valence-corrected chi connectivity index (χ1v) is 7.15. The standard InChI is InChI=1S/C18H18O6/c1-11(19)24-14-6-7-15(18(10-14)23-2)16(21)8-4-12-3-5-13(20)9-17(12)22/h3-10,16,20-22H,1-2H3. The van der Waals surface area contributed by atoms with E-state index in [1.54, 1.807) is 12.1 Å². The fourth-order valence-corrected chi connectivity index (χ4v) is 2.14. The van der Waals surface area contributed by atoms with Gasteiger partial charge in [-0.15, -0.1) is 0 Å². The Hall–Kier alpha value is -2.99. The average molecular weight is 330 g/mol. The molecule has 0 bridgehead atoms. The van der Waals surface area contributed by atoms with Gasteiger partial charge in [-0.25, -0.2) is 0 Å². The van der Waals surface area contributed by atoms with Crippen molar-refractivity contribution in [1.29, 1.82) is 0 Å². The van der Waals surface area contributed by atoms with Gasteiger partial charge in [-0.3, -0.25) is 4.79 Å². The fourth-order valence-electron chi connectivity index (χ4n) is 2.14. The summed E-state index contributed by atoms with van der Waals surface area (Å²) in [6, 6.07) is 8.80. The minimum Gasteiger partial charge on any atom is -0.508 e. The number of esters is 1. The van der Waals surface area contributed by atoms with Crippen LogP contribution in [0.15, 0.2) is 42.5 Å². The summed E-state index contributed by atoms with van der Waals surface area (Å²) in [6.07, 6.45) is 1.99. The summed E-state index contributed by atoms with van der Waals surface area (Å²) in [5.74, 6) is 0.0767. The number of aliphatic hydroxyl groups excluding tert-OH is 1. The van der Waals surface area contributed by atoms with E-state index < -0.39 is 12.1 Å². The Kier molecular flexibility index (Phi) is 5.44. The van der Waals surface area contributed by atoms with E-state index >= 15 is 0 Å². The first-order valence-electron chi connectivity index (χ1n) is 7.15. The van der Waals surface area contributed by atoms with Crippen molar-refractivity contribution >= 4 is 12.0 Å². The second kappa shape index (κ2) is 7.52. The number of aliphatic hydroxyl groups is 1. The third-order valence-electron chi connectivity index (χ3n) is 3.26. The van der Waals surface area contributed by atoms with Crippen molar-refractivity contribution in [2.75, 3.05) is 7.11 Å². The Labute approximate surface area is 139 Å². The van der Waals surface area contributed by atoms with Crippen LogP contribution in [0.1, 0.15) is 24.2 Å².